The molecule has 0 amide bonds. The third-order valence-corrected chi connectivity index (χ3v) is 6.40. The first-order valence-corrected chi connectivity index (χ1v) is 11.3. The second-order valence-corrected chi connectivity index (χ2v) is 9.12. The molecule has 4 heteroatoms. The van der Waals surface area contributed by atoms with Gasteiger partial charge in [-0.25, -0.2) is 4.98 Å². The Kier molecular flexibility index (Phi) is 6.33. The number of pyridine rings is 1. The Morgan fingerprint density at radius 1 is 1.07 bits per heavy atom. The highest BCUT2D eigenvalue weighted by molar-refractivity contribution is 5.40. The van der Waals surface area contributed by atoms with Crippen molar-refractivity contribution in [2.24, 2.45) is 5.92 Å². The summed E-state index contributed by atoms with van der Waals surface area (Å²) in [6, 6.07) is 15.0. The summed E-state index contributed by atoms with van der Waals surface area (Å²) in [5.74, 6) is 1.17. The van der Waals surface area contributed by atoms with Crippen molar-refractivity contribution in [3.8, 4) is 0 Å². The Bertz CT molecular complexity index is 1050. The lowest BCUT2D eigenvalue weighted by molar-refractivity contribution is 0.407. The first kappa shape index (κ1) is 20.8. The van der Waals surface area contributed by atoms with E-state index in [2.05, 4.69) is 48.4 Å². The summed E-state index contributed by atoms with van der Waals surface area (Å²) in [5.41, 5.74) is 5.29. The van der Waals surface area contributed by atoms with Gasteiger partial charge in [-0.3, -0.25) is 9.20 Å². The number of fused-ring (bicyclic) bond motifs is 1. The van der Waals surface area contributed by atoms with E-state index in [9.17, 15) is 4.79 Å². The molecule has 4 rings (SSSR count). The maximum atomic E-state index is 12.5. The van der Waals surface area contributed by atoms with Gasteiger partial charge in [-0.1, -0.05) is 63.4 Å². The van der Waals surface area contributed by atoms with Crippen LogP contribution in [-0.2, 0) is 6.54 Å². The van der Waals surface area contributed by atoms with E-state index in [4.69, 9.17) is 0 Å². The van der Waals surface area contributed by atoms with E-state index in [0.717, 1.165) is 17.2 Å². The van der Waals surface area contributed by atoms with Crippen molar-refractivity contribution in [3.63, 3.8) is 0 Å². The Hall–Kier alpha value is -2.46. The Balaban J connectivity index is 1.49. The predicted octanol–water partition coefficient (Wildman–Crippen LogP) is 5.54. The smallest absolute Gasteiger partial charge is 0.258 e. The molecule has 1 atom stereocenters. The Morgan fingerprint density at radius 2 is 1.80 bits per heavy atom. The molecule has 0 saturated heterocycles. The quantitative estimate of drug-likeness (QED) is 0.588. The fourth-order valence-corrected chi connectivity index (χ4v) is 4.71. The average Bonchev–Trinajstić information content (AvgIpc) is 2.75. The van der Waals surface area contributed by atoms with Gasteiger partial charge in [0.05, 0.1) is 5.69 Å². The topological polar surface area (TPSA) is 46.4 Å². The molecule has 0 radical (unpaired) electrons. The molecule has 3 aromatic rings. The van der Waals surface area contributed by atoms with Crippen LogP contribution in [0.2, 0.25) is 0 Å². The second kappa shape index (κ2) is 9.13. The minimum Gasteiger partial charge on any atom is -0.304 e. The molecule has 158 valence electrons. The van der Waals surface area contributed by atoms with Crippen LogP contribution in [-0.4, -0.2) is 9.38 Å². The molecule has 1 aliphatic carbocycles. The normalized spacial score (nSPS) is 16.3. The van der Waals surface area contributed by atoms with Gasteiger partial charge in [0.1, 0.15) is 5.65 Å². The summed E-state index contributed by atoms with van der Waals surface area (Å²) in [6.07, 6.45) is 8.61. The molecular formula is C26H33N3O. The lowest BCUT2D eigenvalue weighted by atomic mass is 9.83. The Labute approximate surface area is 179 Å². The number of aryl methyl sites for hydroxylation is 1. The molecule has 1 N–H and O–H groups in total. The van der Waals surface area contributed by atoms with Crippen molar-refractivity contribution in [1.82, 2.24) is 14.7 Å². The predicted molar refractivity (Wildman–Crippen MR) is 123 cm³/mol. The summed E-state index contributed by atoms with van der Waals surface area (Å²) in [5, 5.41) is 3.64. The zero-order valence-corrected chi connectivity index (χ0v) is 18.4. The molecule has 1 aromatic carbocycles. The molecule has 30 heavy (non-hydrogen) atoms. The van der Waals surface area contributed by atoms with Crippen LogP contribution in [0.4, 0.5) is 0 Å². The first-order chi connectivity index (χ1) is 14.5. The van der Waals surface area contributed by atoms with Crippen molar-refractivity contribution in [1.29, 1.82) is 0 Å². The van der Waals surface area contributed by atoms with E-state index in [0.29, 0.717) is 18.1 Å². The number of nitrogens with zero attached hydrogens (tertiary/aromatic N) is 2. The van der Waals surface area contributed by atoms with Crippen LogP contribution >= 0.6 is 0 Å². The molecule has 0 spiro atoms. The third-order valence-electron chi connectivity index (χ3n) is 6.40. The minimum atomic E-state index is -0.0292. The fourth-order valence-electron chi connectivity index (χ4n) is 4.71. The van der Waals surface area contributed by atoms with Crippen LogP contribution in [0.5, 0.6) is 0 Å². The van der Waals surface area contributed by atoms with Crippen LogP contribution in [0.15, 0.2) is 53.5 Å². The van der Waals surface area contributed by atoms with Gasteiger partial charge >= 0.3 is 0 Å². The lowest BCUT2D eigenvalue weighted by Crippen LogP contribution is -2.27. The van der Waals surface area contributed by atoms with Gasteiger partial charge < -0.3 is 5.32 Å². The lowest BCUT2D eigenvalue weighted by Gasteiger charge is -2.25. The van der Waals surface area contributed by atoms with Crippen molar-refractivity contribution < 1.29 is 0 Å². The third kappa shape index (κ3) is 4.65. The van der Waals surface area contributed by atoms with Gasteiger partial charge in [-0.2, -0.15) is 0 Å². The standard InChI is InChI=1S/C26H33N3O/c1-18(2)26(22-12-10-21(11-13-22)20-7-5-4-6-8-20)27-16-23-15-25(30)29-17-19(3)9-14-24(29)28-23/h9-15,17-18,20,26-27H,4-8,16H2,1-3H3. The number of benzene rings is 1. The van der Waals surface area contributed by atoms with E-state index in [-0.39, 0.29) is 11.6 Å². The number of aromatic nitrogens is 2. The molecule has 1 saturated carbocycles. The zero-order valence-electron chi connectivity index (χ0n) is 18.4. The molecule has 1 aliphatic rings. The van der Waals surface area contributed by atoms with Crippen LogP contribution in [0.25, 0.3) is 5.65 Å². The molecular weight excluding hydrogens is 370 g/mol. The summed E-state index contributed by atoms with van der Waals surface area (Å²) < 4.78 is 1.61. The molecule has 4 nitrogen and oxygen atoms in total. The number of nitrogens with one attached hydrogen (secondary N) is 1. The molecule has 0 bridgehead atoms. The highest BCUT2D eigenvalue weighted by Gasteiger charge is 2.18. The van der Waals surface area contributed by atoms with E-state index in [1.165, 1.54) is 43.2 Å². The zero-order chi connectivity index (χ0) is 21.1. The summed E-state index contributed by atoms with van der Waals surface area (Å²) in [6.45, 7) is 7.03. The second-order valence-electron chi connectivity index (χ2n) is 9.12. The van der Waals surface area contributed by atoms with Crippen molar-refractivity contribution in [2.75, 3.05) is 0 Å². The van der Waals surface area contributed by atoms with Crippen LogP contribution in [0, 0.1) is 12.8 Å². The van der Waals surface area contributed by atoms with E-state index >= 15 is 0 Å². The number of hydrogen-bond donors (Lipinski definition) is 1. The molecule has 2 aromatic heterocycles. The van der Waals surface area contributed by atoms with Gasteiger partial charge in [-0.15, -0.1) is 0 Å². The number of hydrogen-bond acceptors (Lipinski definition) is 3. The van der Waals surface area contributed by atoms with Gasteiger partial charge in [0.25, 0.3) is 5.56 Å². The van der Waals surface area contributed by atoms with E-state index < -0.39 is 0 Å². The summed E-state index contributed by atoms with van der Waals surface area (Å²) in [4.78, 5) is 17.2. The molecule has 1 unspecified atom stereocenters. The van der Waals surface area contributed by atoms with Crippen LogP contribution in [0.1, 0.15) is 80.3 Å². The van der Waals surface area contributed by atoms with Crippen molar-refractivity contribution >= 4 is 5.65 Å². The van der Waals surface area contributed by atoms with E-state index in [1.54, 1.807) is 10.5 Å². The van der Waals surface area contributed by atoms with Gasteiger partial charge in [-0.05, 0) is 54.4 Å². The molecule has 1 fully saturated rings. The average molecular weight is 404 g/mol. The fraction of sp³-hybridized carbons (Fsp3) is 0.462. The van der Waals surface area contributed by atoms with Gasteiger partial charge in [0.15, 0.2) is 0 Å². The first-order valence-electron chi connectivity index (χ1n) is 11.3. The largest absolute Gasteiger partial charge is 0.304 e. The summed E-state index contributed by atoms with van der Waals surface area (Å²) in [7, 11) is 0. The maximum Gasteiger partial charge on any atom is 0.258 e. The van der Waals surface area contributed by atoms with Crippen LogP contribution < -0.4 is 10.9 Å². The monoisotopic (exact) mass is 403 g/mol. The summed E-state index contributed by atoms with van der Waals surface area (Å²) >= 11 is 0. The highest BCUT2D eigenvalue weighted by atomic mass is 16.1. The molecule has 2 heterocycles. The Morgan fingerprint density at radius 3 is 2.50 bits per heavy atom. The molecule has 0 aliphatic heterocycles. The highest BCUT2D eigenvalue weighted by Crippen LogP contribution is 2.33. The van der Waals surface area contributed by atoms with Crippen molar-refractivity contribution in [2.45, 2.75) is 71.4 Å². The maximum absolute atomic E-state index is 12.5. The number of rotatable bonds is 6. The van der Waals surface area contributed by atoms with Crippen LogP contribution in [0.3, 0.4) is 0 Å². The van der Waals surface area contributed by atoms with E-state index in [1.807, 2.05) is 25.3 Å². The van der Waals surface area contributed by atoms with Gasteiger partial charge in [0, 0.05) is 24.8 Å². The SMILES string of the molecule is Cc1ccc2nc(CNC(c3ccc(C4CCCCC4)cc3)C(C)C)cc(=O)n2c1. The van der Waals surface area contributed by atoms with Crippen molar-refractivity contribution in [3.05, 3.63) is 81.4 Å². The minimum absolute atomic E-state index is 0.0292. The van der Waals surface area contributed by atoms with Gasteiger partial charge in [0.2, 0.25) is 0 Å².